The number of halogens is 2. The van der Waals surface area contributed by atoms with Gasteiger partial charge in [0.15, 0.2) is 0 Å². The first-order valence-electron chi connectivity index (χ1n) is 6.62. The smallest absolute Gasteiger partial charge is 0.319 e. The van der Waals surface area contributed by atoms with E-state index in [1.54, 1.807) is 18.2 Å². The minimum Gasteiger partial charge on any atom is -0.481 e. The molecule has 1 aromatic carbocycles. The van der Waals surface area contributed by atoms with Crippen molar-refractivity contribution in [2.24, 2.45) is 5.41 Å². The van der Waals surface area contributed by atoms with Gasteiger partial charge in [0.1, 0.15) is 0 Å². The first-order chi connectivity index (χ1) is 9.90. The number of amides is 2. The van der Waals surface area contributed by atoms with Gasteiger partial charge in [0.05, 0.1) is 11.4 Å². The molecule has 0 radical (unpaired) electrons. The minimum absolute atomic E-state index is 0.0970. The van der Waals surface area contributed by atoms with Gasteiger partial charge in [-0.1, -0.05) is 18.0 Å². The molecular formula is C14H16BrClN2O3. The van der Waals surface area contributed by atoms with E-state index in [4.69, 9.17) is 16.7 Å². The van der Waals surface area contributed by atoms with Crippen molar-refractivity contribution in [3.8, 4) is 0 Å². The van der Waals surface area contributed by atoms with Crippen molar-refractivity contribution < 1.29 is 14.7 Å². The fraction of sp³-hybridized carbons (Fsp3) is 0.429. The lowest BCUT2D eigenvalue weighted by atomic mass is 9.66. The Bertz CT molecular complexity index is 561. The van der Waals surface area contributed by atoms with Crippen LogP contribution in [0.4, 0.5) is 10.5 Å². The normalized spacial score (nSPS) is 15.9. The maximum atomic E-state index is 11.9. The van der Waals surface area contributed by atoms with Gasteiger partial charge in [-0.25, -0.2) is 4.79 Å². The quantitative estimate of drug-likeness (QED) is 0.731. The van der Waals surface area contributed by atoms with Crippen LogP contribution in [0, 0.1) is 5.41 Å². The third-order valence-corrected chi connectivity index (χ3v) is 4.96. The number of aliphatic carboxylic acids is 1. The maximum Gasteiger partial charge on any atom is 0.319 e. The average Bonchev–Trinajstić information content (AvgIpc) is 2.36. The molecule has 2 rings (SSSR count). The maximum absolute atomic E-state index is 11.9. The number of nitrogens with one attached hydrogen (secondary N) is 2. The van der Waals surface area contributed by atoms with Crippen molar-refractivity contribution >= 4 is 45.2 Å². The zero-order valence-electron chi connectivity index (χ0n) is 11.3. The van der Waals surface area contributed by atoms with Crippen LogP contribution in [0.3, 0.4) is 0 Å². The number of rotatable bonds is 5. The number of hydrogen-bond acceptors (Lipinski definition) is 2. The number of carboxylic acids is 1. The van der Waals surface area contributed by atoms with Gasteiger partial charge in [0.25, 0.3) is 0 Å². The van der Waals surface area contributed by atoms with Gasteiger partial charge < -0.3 is 15.7 Å². The van der Waals surface area contributed by atoms with E-state index in [1.165, 1.54) is 0 Å². The van der Waals surface area contributed by atoms with Crippen LogP contribution in [0.25, 0.3) is 0 Å². The van der Waals surface area contributed by atoms with Crippen LogP contribution in [-0.2, 0) is 4.79 Å². The van der Waals surface area contributed by atoms with Crippen LogP contribution >= 0.6 is 27.5 Å². The predicted molar refractivity (Wildman–Crippen MR) is 84.7 cm³/mol. The zero-order valence-corrected chi connectivity index (χ0v) is 13.6. The number of carbonyl (C=O) groups is 2. The highest BCUT2D eigenvalue weighted by molar-refractivity contribution is 9.10. The second-order valence-electron chi connectivity index (χ2n) is 5.36. The number of urea groups is 1. The summed E-state index contributed by atoms with van der Waals surface area (Å²) in [4.78, 5) is 22.7. The summed E-state index contributed by atoms with van der Waals surface area (Å²) in [7, 11) is 0. The van der Waals surface area contributed by atoms with Gasteiger partial charge in [-0.05, 0) is 52.4 Å². The van der Waals surface area contributed by atoms with E-state index in [9.17, 15) is 9.59 Å². The van der Waals surface area contributed by atoms with Gasteiger partial charge >= 0.3 is 12.0 Å². The predicted octanol–water partition coefficient (Wildman–Crippen LogP) is 3.87. The highest BCUT2D eigenvalue weighted by atomic mass is 79.9. The van der Waals surface area contributed by atoms with Crippen molar-refractivity contribution in [1.29, 1.82) is 0 Å². The van der Waals surface area contributed by atoms with Crippen LogP contribution < -0.4 is 10.6 Å². The molecule has 3 N–H and O–H groups in total. The van der Waals surface area contributed by atoms with E-state index in [2.05, 4.69) is 26.6 Å². The molecule has 0 unspecified atom stereocenters. The van der Waals surface area contributed by atoms with E-state index in [0.717, 1.165) is 19.3 Å². The first-order valence-corrected chi connectivity index (χ1v) is 7.79. The van der Waals surface area contributed by atoms with Gasteiger partial charge in [-0.2, -0.15) is 0 Å². The summed E-state index contributed by atoms with van der Waals surface area (Å²) >= 11 is 9.17. The Balaban J connectivity index is 1.87. The topological polar surface area (TPSA) is 78.4 Å². The Morgan fingerprint density at radius 1 is 1.38 bits per heavy atom. The molecule has 2 amide bonds. The molecule has 1 fully saturated rings. The molecule has 0 spiro atoms. The monoisotopic (exact) mass is 374 g/mol. The molecule has 0 bridgehead atoms. The van der Waals surface area contributed by atoms with Crippen LogP contribution in [0.1, 0.15) is 25.7 Å². The van der Waals surface area contributed by atoms with Crippen molar-refractivity contribution in [3.05, 3.63) is 27.7 Å². The molecule has 0 aliphatic heterocycles. The van der Waals surface area contributed by atoms with Crippen LogP contribution in [0.15, 0.2) is 22.7 Å². The second kappa shape index (κ2) is 6.66. The summed E-state index contributed by atoms with van der Waals surface area (Å²) in [5.74, 6) is -0.821. The molecule has 5 nitrogen and oxygen atoms in total. The second-order valence-corrected chi connectivity index (χ2v) is 6.62. The molecule has 114 valence electrons. The first kappa shape index (κ1) is 16.1. The average molecular weight is 376 g/mol. The lowest BCUT2D eigenvalue weighted by Gasteiger charge is -2.40. The van der Waals surface area contributed by atoms with Crippen molar-refractivity contribution in [1.82, 2.24) is 5.32 Å². The molecule has 0 aromatic heterocycles. The SMILES string of the molecule is O=C(O)CC1(CNC(=O)Nc2ccc(Cl)c(Br)c2)CCC1. The van der Waals surface area contributed by atoms with E-state index in [1.807, 2.05) is 0 Å². The number of benzene rings is 1. The summed E-state index contributed by atoms with van der Waals surface area (Å²) in [6.45, 7) is 0.375. The molecule has 0 atom stereocenters. The molecule has 0 heterocycles. The Morgan fingerprint density at radius 3 is 2.62 bits per heavy atom. The van der Waals surface area contributed by atoms with Gasteiger partial charge in [-0.15, -0.1) is 0 Å². The molecule has 0 saturated heterocycles. The number of anilines is 1. The fourth-order valence-corrected chi connectivity index (χ4v) is 2.93. The van der Waals surface area contributed by atoms with Crippen molar-refractivity contribution in [3.63, 3.8) is 0 Å². The Hall–Kier alpha value is -1.27. The largest absolute Gasteiger partial charge is 0.481 e. The summed E-state index contributed by atoms with van der Waals surface area (Å²) in [5.41, 5.74) is 0.327. The highest BCUT2D eigenvalue weighted by Crippen LogP contribution is 2.43. The summed E-state index contributed by atoms with van der Waals surface area (Å²) in [5, 5.41) is 14.9. The molecule has 1 saturated carbocycles. The number of carboxylic acid groups (broad SMARTS) is 1. The third-order valence-electron chi connectivity index (χ3n) is 3.74. The van der Waals surface area contributed by atoms with E-state index in [0.29, 0.717) is 21.7 Å². The number of hydrogen-bond donors (Lipinski definition) is 3. The molecular weight excluding hydrogens is 360 g/mol. The molecule has 7 heteroatoms. The van der Waals surface area contributed by atoms with E-state index < -0.39 is 5.97 Å². The molecule has 1 aliphatic rings. The van der Waals surface area contributed by atoms with Gasteiger partial charge in [0.2, 0.25) is 0 Å². The standard InChI is InChI=1S/C14H16BrClN2O3/c15-10-6-9(2-3-11(10)16)18-13(21)17-8-14(4-1-5-14)7-12(19)20/h2-3,6H,1,4-5,7-8H2,(H,19,20)(H2,17,18,21). The Kier molecular flexibility index (Phi) is 5.11. The van der Waals surface area contributed by atoms with Gasteiger partial charge in [0, 0.05) is 16.7 Å². The molecule has 1 aromatic rings. The third kappa shape index (κ3) is 4.35. The lowest BCUT2D eigenvalue weighted by Crippen LogP contribution is -2.44. The molecule has 1 aliphatic carbocycles. The Labute approximate surface area is 136 Å². The Morgan fingerprint density at radius 2 is 2.10 bits per heavy atom. The molecule has 21 heavy (non-hydrogen) atoms. The zero-order chi connectivity index (χ0) is 15.5. The van der Waals surface area contributed by atoms with E-state index >= 15 is 0 Å². The van der Waals surface area contributed by atoms with Crippen LogP contribution in [0.5, 0.6) is 0 Å². The van der Waals surface area contributed by atoms with Crippen LogP contribution in [0.2, 0.25) is 5.02 Å². The van der Waals surface area contributed by atoms with Gasteiger partial charge in [-0.3, -0.25) is 4.79 Å². The fourth-order valence-electron chi connectivity index (χ4n) is 2.43. The summed E-state index contributed by atoms with van der Waals surface area (Å²) in [6, 6.07) is 4.74. The summed E-state index contributed by atoms with van der Waals surface area (Å²) < 4.78 is 0.698. The van der Waals surface area contributed by atoms with Crippen molar-refractivity contribution in [2.75, 3.05) is 11.9 Å². The number of carbonyl (C=O) groups excluding carboxylic acids is 1. The summed E-state index contributed by atoms with van der Waals surface area (Å²) in [6.07, 6.45) is 2.79. The minimum atomic E-state index is -0.821. The van der Waals surface area contributed by atoms with Crippen LogP contribution in [-0.4, -0.2) is 23.7 Å². The van der Waals surface area contributed by atoms with Crippen molar-refractivity contribution in [2.45, 2.75) is 25.7 Å². The lowest BCUT2D eigenvalue weighted by molar-refractivity contribution is -0.141. The highest BCUT2D eigenvalue weighted by Gasteiger charge is 2.39. The van der Waals surface area contributed by atoms with E-state index in [-0.39, 0.29) is 17.9 Å².